The third-order valence-electron chi connectivity index (χ3n) is 5.34. The van der Waals surface area contributed by atoms with Gasteiger partial charge in [0.15, 0.2) is 0 Å². The van der Waals surface area contributed by atoms with Crippen LogP contribution in [0.25, 0.3) is 0 Å². The number of nitrogens with two attached hydrogens (primary N) is 2. The second-order valence-corrected chi connectivity index (χ2v) is 11.0. The Kier molecular flexibility index (Phi) is 17.8. The summed E-state index contributed by atoms with van der Waals surface area (Å²) in [6.07, 6.45) is 0.889. The SMILES string of the molecule is CSSC(COc1cccc(C(=O)NCCN)c1)OCCOCC(=O)NCC#C[B][C@H]1C[C@@H](O[C@H](N)F)C(CO)O1. The summed E-state index contributed by atoms with van der Waals surface area (Å²) in [6.45, 7) is -0.887. The molecule has 1 heterocycles. The fraction of sp³-hybridized carbons (Fsp3) is 0.600. The van der Waals surface area contributed by atoms with E-state index >= 15 is 0 Å². The Morgan fingerprint density at radius 3 is 2.90 bits per heavy atom. The molecule has 2 unspecified atom stereocenters. The lowest BCUT2D eigenvalue weighted by molar-refractivity contribution is -0.126. The van der Waals surface area contributed by atoms with Crippen molar-refractivity contribution in [3.05, 3.63) is 29.8 Å². The van der Waals surface area contributed by atoms with E-state index in [4.69, 9.17) is 35.2 Å². The van der Waals surface area contributed by atoms with E-state index in [1.165, 1.54) is 21.6 Å². The summed E-state index contributed by atoms with van der Waals surface area (Å²) in [5.74, 6) is 5.51. The van der Waals surface area contributed by atoms with Crippen LogP contribution in [0.4, 0.5) is 4.39 Å². The zero-order valence-electron chi connectivity index (χ0n) is 22.8. The van der Waals surface area contributed by atoms with Crippen molar-refractivity contribution in [3.8, 4) is 17.5 Å². The number of carbonyl (C=O) groups excluding carboxylic acids is 2. The maximum Gasteiger partial charge on any atom is 0.253 e. The Morgan fingerprint density at radius 1 is 1.34 bits per heavy atom. The number of carbonyl (C=O) groups is 2. The van der Waals surface area contributed by atoms with Crippen LogP contribution in [0.5, 0.6) is 5.75 Å². The predicted octanol–water partition coefficient (Wildman–Crippen LogP) is -0.390. The first-order chi connectivity index (χ1) is 19.9. The lowest BCUT2D eigenvalue weighted by Crippen LogP contribution is -2.33. The van der Waals surface area contributed by atoms with Crippen molar-refractivity contribution in [3.63, 3.8) is 0 Å². The summed E-state index contributed by atoms with van der Waals surface area (Å²) in [6, 6.07) is 6.40. The molecule has 1 aromatic carbocycles. The number of benzene rings is 1. The Balaban J connectivity index is 1.59. The van der Waals surface area contributed by atoms with E-state index in [2.05, 4.69) is 22.4 Å². The van der Waals surface area contributed by atoms with Crippen LogP contribution in [0.3, 0.4) is 0 Å². The molecule has 2 rings (SSSR count). The van der Waals surface area contributed by atoms with Gasteiger partial charge in [0.05, 0.1) is 32.5 Å². The van der Waals surface area contributed by atoms with Crippen LogP contribution in [-0.4, -0.2) is 113 Å². The van der Waals surface area contributed by atoms with Crippen molar-refractivity contribution in [1.29, 1.82) is 0 Å². The molecule has 1 aliphatic rings. The van der Waals surface area contributed by atoms with Gasteiger partial charge in [-0.3, -0.25) is 15.3 Å². The zero-order chi connectivity index (χ0) is 29.9. The molecule has 2 amide bonds. The molecule has 41 heavy (non-hydrogen) atoms. The molecule has 1 aliphatic heterocycles. The van der Waals surface area contributed by atoms with Crippen LogP contribution in [0.15, 0.2) is 24.3 Å². The minimum absolute atomic E-state index is 0.0975. The van der Waals surface area contributed by atoms with Gasteiger partial charge in [-0.2, -0.15) is 10.2 Å². The van der Waals surface area contributed by atoms with Gasteiger partial charge in [-0.25, -0.2) is 0 Å². The zero-order valence-corrected chi connectivity index (χ0v) is 24.4. The van der Waals surface area contributed by atoms with E-state index in [0.717, 1.165) is 0 Å². The van der Waals surface area contributed by atoms with Crippen LogP contribution < -0.4 is 26.8 Å². The second-order valence-electron chi connectivity index (χ2n) is 8.42. The smallest absolute Gasteiger partial charge is 0.253 e. The summed E-state index contributed by atoms with van der Waals surface area (Å²) in [5, 5.41) is 14.6. The molecule has 0 bridgehead atoms. The van der Waals surface area contributed by atoms with E-state index in [0.29, 0.717) is 30.8 Å². The van der Waals surface area contributed by atoms with Crippen molar-refractivity contribution >= 4 is 40.7 Å². The number of rotatable bonds is 19. The van der Waals surface area contributed by atoms with E-state index in [9.17, 15) is 19.1 Å². The summed E-state index contributed by atoms with van der Waals surface area (Å²) >= 11 is 0. The molecular formula is C25H37BFN4O8S2. The molecule has 0 saturated carbocycles. The summed E-state index contributed by atoms with van der Waals surface area (Å²) in [4.78, 5) is 24.1. The standard InChI is InChI=1S/C25H37BFN4O8S2/c1-40-41-23(16-37-18-5-2-4-17(12-18)24(34)31-9-7-28)36-11-10-35-15-22(33)30-8-3-6-26-21-13-19(39-25(27)29)20(14-32)38-21/h2,4-5,12,19-21,23,25,32H,7-11,13-16,28-29H2,1H3,(H,30,33)(H,31,34)/t19-,20?,21-,23?,25+/m1/s1. The molecule has 7 N–H and O–H groups in total. The van der Waals surface area contributed by atoms with Gasteiger partial charge < -0.3 is 45.2 Å². The third kappa shape index (κ3) is 14.6. The summed E-state index contributed by atoms with van der Waals surface area (Å²) in [5.41, 5.74) is 10.6. The maximum atomic E-state index is 12.9. The average molecular weight is 616 g/mol. The van der Waals surface area contributed by atoms with Crippen LogP contribution in [0.1, 0.15) is 16.8 Å². The van der Waals surface area contributed by atoms with Gasteiger partial charge in [0.2, 0.25) is 5.91 Å². The number of amides is 2. The Bertz CT molecular complexity index is 990. The quantitative estimate of drug-likeness (QED) is 0.0341. The first-order valence-electron chi connectivity index (χ1n) is 12.9. The Morgan fingerprint density at radius 2 is 2.17 bits per heavy atom. The van der Waals surface area contributed by atoms with E-state index < -0.39 is 24.7 Å². The van der Waals surface area contributed by atoms with Crippen LogP contribution >= 0.6 is 21.6 Å². The third-order valence-corrected chi connectivity index (χ3v) is 7.24. The highest BCUT2D eigenvalue weighted by atomic mass is 33.1. The Hall–Kier alpha value is -2.07. The highest BCUT2D eigenvalue weighted by molar-refractivity contribution is 8.76. The van der Waals surface area contributed by atoms with Crippen molar-refractivity contribution in [2.75, 3.05) is 58.9 Å². The van der Waals surface area contributed by atoms with Gasteiger partial charge in [-0.05, 0) is 30.9 Å². The first kappa shape index (κ1) is 35.1. The predicted molar refractivity (Wildman–Crippen MR) is 156 cm³/mol. The van der Waals surface area contributed by atoms with Gasteiger partial charge in [0.1, 0.15) is 30.5 Å². The summed E-state index contributed by atoms with van der Waals surface area (Å²) < 4.78 is 40.3. The van der Waals surface area contributed by atoms with Crippen LogP contribution in [0, 0.1) is 11.7 Å². The monoisotopic (exact) mass is 615 g/mol. The highest BCUT2D eigenvalue weighted by Crippen LogP contribution is 2.26. The van der Waals surface area contributed by atoms with Crippen molar-refractivity contribution < 1.29 is 42.8 Å². The van der Waals surface area contributed by atoms with Gasteiger partial charge in [-0.1, -0.05) is 33.6 Å². The second kappa shape index (κ2) is 20.8. The molecule has 1 fully saturated rings. The molecule has 227 valence electrons. The number of halogens is 1. The number of aliphatic hydroxyl groups excluding tert-OH is 1. The van der Waals surface area contributed by atoms with Crippen LogP contribution in [0.2, 0.25) is 0 Å². The van der Waals surface area contributed by atoms with Crippen molar-refractivity contribution in [2.24, 2.45) is 11.5 Å². The molecule has 0 aliphatic carbocycles. The topological polar surface area (TPSA) is 177 Å². The van der Waals surface area contributed by atoms with Gasteiger partial charge >= 0.3 is 0 Å². The molecule has 0 aromatic heterocycles. The molecule has 16 heteroatoms. The van der Waals surface area contributed by atoms with Gasteiger partial charge in [0.25, 0.3) is 19.7 Å². The van der Waals surface area contributed by atoms with E-state index in [1.54, 1.807) is 31.5 Å². The lowest BCUT2D eigenvalue weighted by Gasteiger charge is -2.17. The molecule has 0 spiro atoms. The number of ether oxygens (including phenoxy) is 5. The van der Waals surface area contributed by atoms with E-state index in [1.807, 2.05) is 6.26 Å². The maximum absolute atomic E-state index is 12.9. The average Bonchev–Trinajstić information content (AvgIpc) is 3.34. The number of aliphatic hydroxyl groups is 1. The Labute approximate surface area is 248 Å². The highest BCUT2D eigenvalue weighted by Gasteiger charge is 2.36. The van der Waals surface area contributed by atoms with Crippen molar-refractivity contribution in [1.82, 2.24) is 10.6 Å². The lowest BCUT2D eigenvalue weighted by atomic mass is 9.71. The molecule has 1 radical (unpaired) electrons. The number of hydrogen-bond acceptors (Lipinski definition) is 12. The van der Waals surface area contributed by atoms with Gasteiger partial charge in [0, 0.05) is 24.7 Å². The molecule has 12 nitrogen and oxygen atoms in total. The number of nitrogens with one attached hydrogen (secondary N) is 2. The summed E-state index contributed by atoms with van der Waals surface area (Å²) in [7, 11) is 4.56. The normalized spacial score (nSPS) is 19.5. The number of hydrogen-bond donors (Lipinski definition) is 5. The fourth-order valence-electron chi connectivity index (χ4n) is 3.52. The molecule has 1 aromatic rings. The minimum atomic E-state index is -1.95. The van der Waals surface area contributed by atoms with E-state index in [-0.39, 0.29) is 56.8 Å². The molecular weight excluding hydrogens is 578 g/mol. The number of alkyl halides is 1. The molecule has 1 saturated heterocycles. The minimum Gasteiger partial charge on any atom is -0.490 e. The first-order valence-corrected chi connectivity index (χ1v) is 15.5. The molecule has 5 atom stereocenters. The fourth-order valence-corrected chi connectivity index (χ4v) is 4.98. The largest absolute Gasteiger partial charge is 0.490 e. The van der Waals surface area contributed by atoms with Crippen LogP contribution in [-0.2, 0) is 23.7 Å². The van der Waals surface area contributed by atoms with Crippen molar-refractivity contribution in [2.45, 2.75) is 36.5 Å². The van der Waals surface area contributed by atoms with Gasteiger partial charge in [-0.15, -0.1) is 0 Å².